The Bertz CT molecular complexity index is 425. The Balaban J connectivity index is 2.23. The molecule has 1 amide bonds. The lowest BCUT2D eigenvalue weighted by atomic mass is 9.97. The zero-order valence-corrected chi connectivity index (χ0v) is 10.9. The van der Waals surface area contributed by atoms with Crippen molar-refractivity contribution in [2.75, 3.05) is 5.43 Å². The van der Waals surface area contributed by atoms with E-state index < -0.39 is 0 Å². The molecule has 98 valence electrons. The number of carbonyl (C=O) groups excluding carboxylic acids is 1. The van der Waals surface area contributed by atoms with E-state index in [-0.39, 0.29) is 18.0 Å². The fraction of sp³-hybridized carbons (Fsp3) is 0.538. The summed E-state index contributed by atoms with van der Waals surface area (Å²) in [6, 6.07) is 5.81. The van der Waals surface area contributed by atoms with Crippen LogP contribution >= 0.6 is 0 Å². The Morgan fingerprint density at radius 1 is 1.39 bits per heavy atom. The summed E-state index contributed by atoms with van der Waals surface area (Å²) >= 11 is 0. The van der Waals surface area contributed by atoms with E-state index in [9.17, 15) is 4.79 Å². The van der Waals surface area contributed by atoms with Crippen molar-refractivity contribution >= 4 is 11.7 Å². The van der Waals surface area contributed by atoms with Crippen molar-refractivity contribution in [3.05, 3.63) is 23.9 Å². The van der Waals surface area contributed by atoms with E-state index in [0.29, 0.717) is 11.5 Å². The van der Waals surface area contributed by atoms with Crippen LogP contribution in [0.4, 0.5) is 5.82 Å². The highest BCUT2D eigenvalue weighted by atomic mass is 16.2. The molecule has 0 aliphatic carbocycles. The Kier molecular flexibility index (Phi) is 3.81. The van der Waals surface area contributed by atoms with Gasteiger partial charge in [0.05, 0.1) is 0 Å². The molecule has 0 aromatic carbocycles. The maximum absolute atomic E-state index is 12.5. The Morgan fingerprint density at radius 3 is 2.67 bits per heavy atom. The summed E-state index contributed by atoms with van der Waals surface area (Å²) in [5.41, 5.74) is 2.92. The Morgan fingerprint density at radius 2 is 2.06 bits per heavy atom. The van der Waals surface area contributed by atoms with E-state index in [0.717, 1.165) is 12.8 Å². The molecule has 0 saturated carbocycles. The largest absolute Gasteiger partial charge is 0.332 e. The predicted molar refractivity (Wildman–Crippen MR) is 71.0 cm³/mol. The third-order valence-electron chi connectivity index (χ3n) is 3.54. The molecule has 2 rings (SSSR count). The van der Waals surface area contributed by atoms with Gasteiger partial charge in [0.2, 0.25) is 0 Å². The van der Waals surface area contributed by atoms with Gasteiger partial charge in [-0.05, 0) is 45.2 Å². The first kappa shape index (κ1) is 12.8. The number of amides is 1. The maximum atomic E-state index is 12.5. The molecule has 1 saturated heterocycles. The minimum absolute atomic E-state index is 0.00759. The third kappa shape index (κ3) is 2.46. The molecular weight excluding hydrogens is 228 g/mol. The normalized spacial score (nSPS) is 23.8. The van der Waals surface area contributed by atoms with Gasteiger partial charge in [-0.1, -0.05) is 6.07 Å². The molecule has 2 atom stereocenters. The predicted octanol–water partition coefficient (Wildman–Crippen LogP) is 1.77. The smallest absolute Gasteiger partial charge is 0.273 e. The van der Waals surface area contributed by atoms with Gasteiger partial charge in [0.1, 0.15) is 11.5 Å². The first-order chi connectivity index (χ1) is 8.63. The summed E-state index contributed by atoms with van der Waals surface area (Å²) < 4.78 is 0. The van der Waals surface area contributed by atoms with Gasteiger partial charge in [-0.15, -0.1) is 0 Å². The van der Waals surface area contributed by atoms with Crippen molar-refractivity contribution in [1.29, 1.82) is 0 Å². The standard InChI is InChI=1S/C13H20N4O/c1-9-5-3-6-10(2)17(9)13(18)11-7-4-8-12(15-11)16-14/h4,7-10H,3,5-6,14H2,1-2H3,(H,15,16). The lowest BCUT2D eigenvalue weighted by Crippen LogP contribution is -2.47. The molecule has 1 aliphatic heterocycles. The van der Waals surface area contributed by atoms with Crippen LogP contribution in [0.2, 0.25) is 0 Å². The number of pyridine rings is 1. The number of carbonyl (C=O) groups is 1. The van der Waals surface area contributed by atoms with E-state index in [1.165, 1.54) is 6.42 Å². The number of anilines is 1. The van der Waals surface area contributed by atoms with Crippen molar-refractivity contribution in [3.8, 4) is 0 Å². The Labute approximate surface area is 107 Å². The average molecular weight is 248 g/mol. The van der Waals surface area contributed by atoms with E-state index in [1.807, 2.05) is 4.90 Å². The minimum Gasteiger partial charge on any atom is -0.332 e. The highest BCUT2D eigenvalue weighted by Gasteiger charge is 2.30. The number of nitrogens with two attached hydrogens (primary N) is 1. The zero-order valence-electron chi connectivity index (χ0n) is 10.9. The van der Waals surface area contributed by atoms with Gasteiger partial charge in [-0.2, -0.15) is 0 Å². The number of hydrogen-bond donors (Lipinski definition) is 2. The van der Waals surface area contributed by atoms with E-state index >= 15 is 0 Å². The van der Waals surface area contributed by atoms with Crippen LogP contribution in [-0.4, -0.2) is 27.9 Å². The van der Waals surface area contributed by atoms with Gasteiger partial charge >= 0.3 is 0 Å². The molecule has 2 unspecified atom stereocenters. The fourth-order valence-electron chi connectivity index (χ4n) is 2.59. The number of likely N-dealkylation sites (tertiary alicyclic amines) is 1. The van der Waals surface area contributed by atoms with Crippen LogP contribution in [0.15, 0.2) is 18.2 Å². The second-order valence-corrected chi connectivity index (χ2v) is 4.89. The molecule has 2 heterocycles. The fourth-order valence-corrected chi connectivity index (χ4v) is 2.59. The van der Waals surface area contributed by atoms with Gasteiger partial charge in [-0.25, -0.2) is 10.8 Å². The number of rotatable bonds is 2. The molecule has 1 aliphatic rings. The number of nitrogens with zero attached hydrogens (tertiary/aromatic N) is 2. The number of piperidine rings is 1. The summed E-state index contributed by atoms with van der Waals surface area (Å²) in [5, 5.41) is 0. The number of nitrogens with one attached hydrogen (secondary N) is 1. The minimum atomic E-state index is -0.00759. The summed E-state index contributed by atoms with van der Waals surface area (Å²) in [6.07, 6.45) is 3.31. The second kappa shape index (κ2) is 5.35. The molecule has 5 heteroatoms. The van der Waals surface area contributed by atoms with Gasteiger partial charge in [0.15, 0.2) is 0 Å². The van der Waals surface area contributed by atoms with Crippen LogP contribution in [0, 0.1) is 0 Å². The van der Waals surface area contributed by atoms with Crippen LogP contribution in [0.1, 0.15) is 43.6 Å². The van der Waals surface area contributed by atoms with E-state index in [4.69, 9.17) is 5.84 Å². The number of hydrogen-bond acceptors (Lipinski definition) is 4. The first-order valence-corrected chi connectivity index (χ1v) is 6.40. The number of nitrogen functional groups attached to an aromatic ring is 1. The highest BCUT2D eigenvalue weighted by Crippen LogP contribution is 2.24. The van der Waals surface area contributed by atoms with E-state index in [2.05, 4.69) is 24.3 Å². The molecule has 0 spiro atoms. The molecule has 18 heavy (non-hydrogen) atoms. The van der Waals surface area contributed by atoms with Crippen molar-refractivity contribution in [2.45, 2.75) is 45.2 Å². The lowest BCUT2D eigenvalue weighted by Gasteiger charge is -2.38. The molecule has 1 aromatic rings. The molecule has 1 fully saturated rings. The van der Waals surface area contributed by atoms with Gasteiger partial charge in [-0.3, -0.25) is 4.79 Å². The van der Waals surface area contributed by atoms with Crippen LogP contribution in [0.5, 0.6) is 0 Å². The summed E-state index contributed by atoms with van der Waals surface area (Å²) in [7, 11) is 0. The molecule has 0 bridgehead atoms. The van der Waals surface area contributed by atoms with Gasteiger partial charge in [0, 0.05) is 12.1 Å². The maximum Gasteiger partial charge on any atom is 0.273 e. The van der Waals surface area contributed by atoms with Crippen LogP contribution in [0.25, 0.3) is 0 Å². The van der Waals surface area contributed by atoms with Gasteiger partial charge in [0.25, 0.3) is 5.91 Å². The lowest BCUT2D eigenvalue weighted by molar-refractivity contribution is 0.0505. The second-order valence-electron chi connectivity index (χ2n) is 4.89. The van der Waals surface area contributed by atoms with Crippen molar-refractivity contribution in [3.63, 3.8) is 0 Å². The van der Waals surface area contributed by atoms with Crippen molar-refractivity contribution < 1.29 is 4.79 Å². The number of aromatic nitrogens is 1. The topological polar surface area (TPSA) is 71.2 Å². The zero-order chi connectivity index (χ0) is 13.1. The monoisotopic (exact) mass is 248 g/mol. The van der Waals surface area contributed by atoms with Crippen molar-refractivity contribution in [1.82, 2.24) is 9.88 Å². The number of hydrazine groups is 1. The molecule has 3 N–H and O–H groups in total. The van der Waals surface area contributed by atoms with Gasteiger partial charge < -0.3 is 10.3 Å². The summed E-state index contributed by atoms with van der Waals surface area (Å²) in [5.74, 6) is 5.82. The third-order valence-corrected chi connectivity index (χ3v) is 3.54. The molecule has 0 radical (unpaired) electrons. The van der Waals surface area contributed by atoms with Crippen LogP contribution < -0.4 is 11.3 Å². The summed E-state index contributed by atoms with van der Waals surface area (Å²) in [6.45, 7) is 4.19. The van der Waals surface area contributed by atoms with Crippen molar-refractivity contribution in [2.24, 2.45) is 5.84 Å². The summed E-state index contributed by atoms with van der Waals surface area (Å²) in [4.78, 5) is 18.6. The molecular formula is C13H20N4O. The van der Waals surface area contributed by atoms with Crippen LogP contribution in [-0.2, 0) is 0 Å². The van der Waals surface area contributed by atoms with E-state index in [1.54, 1.807) is 18.2 Å². The quantitative estimate of drug-likeness (QED) is 0.618. The van der Waals surface area contributed by atoms with Crippen LogP contribution in [0.3, 0.4) is 0 Å². The molecule has 1 aromatic heterocycles. The average Bonchev–Trinajstić information content (AvgIpc) is 2.38. The highest BCUT2D eigenvalue weighted by molar-refractivity contribution is 5.93. The molecule has 5 nitrogen and oxygen atoms in total. The Hall–Kier alpha value is -1.62. The first-order valence-electron chi connectivity index (χ1n) is 6.40. The SMILES string of the molecule is CC1CCCC(C)N1C(=O)c1cccc(NN)n1.